The van der Waals surface area contributed by atoms with E-state index in [9.17, 15) is 25.8 Å². The van der Waals surface area contributed by atoms with Gasteiger partial charge in [-0.05, 0) is 59.9 Å². The second kappa shape index (κ2) is 39.1. The Balaban J connectivity index is 1.09. The van der Waals surface area contributed by atoms with E-state index in [1.165, 1.54) is 13.8 Å². The predicted octanol–water partition coefficient (Wildman–Crippen LogP) is 10.4. The summed E-state index contributed by atoms with van der Waals surface area (Å²) < 4.78 is 104. The van der Waals surface area contributed by atoms with Gasteiger partial charge in [-0.3, -0.25) is 9.59 Å². The van der Waals surface area contributed by atoms with Gasteiger partial charge in [0.2, 0.25) is 0 Å². The standard InChI is InChI=1S/C77H96B4N6O18P2Si2/c1-48-50(3)97-60(44-91-51(4)88)68(66(48)93-42-53-30-18-12-19-31-53)102-75-64(85-87-83)72(105-107(80)81)70(62(100-75)47-96-109(77(9,10)11,57-38-26-16-27-39-57)58-40-28-17-29-41-58)101-73-49(2)67(94-43-54-32-20-13-21-33-54)69(61(99-73)45-92-52(5)89)103-74-63(84-86-82)71(104-106(78)79)65(90)59(98-74)46-95-108(76(6,7)8,55-34-22-14-23-35-55)56-36-24-15-25-37-56/h12-41,48-50,59-75,90H,42-47H2,1-11H3/t48?,49-,50-,59?,60?,61?,62?,63?,64?,65+,66+,67?,68+,69+,70+,71+,72+,73-,74+,75+/m0/s1. The molecular weight excluding hydrogens is 1460 g/mol. The molecule has 4 aliphatic heterocycles. The number of rotatable bonds is 32. The zero-order chi connectivity index (χ0) is 78.2. The van der Waals surface area contributed by atoms with Gasteiger partial charge >= 0.3 is 11.9 Å². The number of azide groups is 2. The highest BCUT2D eigenvalue weighted by Gasteiger charge is 2.59. The van der Waals surface area contributed by atoms with E-state index in [2.05, 4.69) is 61.6 Å². The van der Waals surface area contributed by atoms with Gasteiger partial charge in [0, 0.05) is 35.5 Å². The van der Waals surface area contributed by atoms with Gasteiger partial charge < -0.3 is 75.1 Å². The van der Waals surface area contributed by atoms with Gasteiger partial charge in [-0.25, -0.2) is 0 Å². The van der Waals surface area contributed by atoms with Crippen LogP contribution >= 0.6 is 15.8 Å². The van der Waals surface area contributed by atoms with E-state index < -0.39 is 177 Å². The number of benzene rings is 6. The van der Waals surface area contributed by atoms with E-state index in [0.717, 1.165) is 31.9 Å². The fourth-order valence-corrected chi connectivity index (χ4v) is 25.4. The van der Waals surface area contributed by atoms with Gasteiger partial charge in [0.25, 0.3) is 16.6 Å². The summed E-state index contributed by atoms with van der Waals surface area (Å²) in [5.74, 6) is -2.56. The quantitative estimate of drug-likeness (QED) is 0.0102. The van der Waals surface area contributed by atoms with Gasteiger partial charge in [-0.1, -0.05) is 263 Å². The molecule has 0 amide bonds. The molecule has 10 rings (SSSR count). The second-order valence-electron chi connectivity index (χ2n) is 29.8. The summed E-state index contributed by atoms with van der Waals surface area (Å²) in [5, 5.41) is 23.8. The molecule has 24 nitrogen and oxygen atoms in total. The number of esters is 2. The molecule has 8 radical (unpaired) electrons. The smallest absolute Gasteiger partial charge is 0.302 e. The van der Waals surface area contributed by atoms with Crippen LogP contribution in [-0.2, 0) is 92.8 Å². The number of carbonyl (C=O) groups excluding carboxylic acids is 2. The summed E-state index contributed by atoms with van der Waals surface area (Å²) in [7, 11) is 14.3. The molecule has 4 saturated heterocycles. The molecule has 0 bridgehead atoms. The summed E-state index contributed by atoms with van der Waals surface area (Å²) in [4.78, 5) is 32.5. The van der Waals surface area contributed by atoms with Gasteiger partial charge in [-0.2, -0.15) is 0 Å². The molecule has 0 aliphatic carbocycles. The van der Waals surface area contributed by atoms with Crippen LogP contribution in [0.25, 0.3) is 20.9 Å². The Bertz CT molecular complexity index is 3860. The molecule has 6 aromatic carbocycles. The average molecular weight is 1560 g/mol. The Morgan fingerprint density at radius 1 is 0.450 bits per heavy atom. The normalized spacial score (nSPS) is 29.0. The van der Waals surface area contributed by atoms with Crippen LogP contribution in [0.5, 0.6) is 0 Å². The third kappa shape index (κ3) is 20.6. The Morgan fingerprint density at radius 2 is 0.771 bits per heavy atom. The summed E-state index contributed by atoms with van der Waals surface area (Å²) in [6, 6.07) is 55.7. The minimum atomic E-state index is -3.52. The lowest BCUT2D eigenvalue weighted by molar-refractivity contribution is -0.365. The van der Waals surface area contributed by atoms with Crippen molar-refractivity contribution in [2.45, 2.75) is 210 Å². The molecule has 4 aliphatic rings. The van der Waals surface area contributed by atoms with Crippen molar-refractivity contribution in [3.63, 3.8) is 0 Å². The SMILES string of the molecule is [B]P([B])O[C@@H]1C(N=[N+]=[N-])[C@@H](O[C@@H]2C(COC(C)=O)O[C@@H](O[C@@H]3C(CO[Si](c4ccccc4)(c4ccccc4)C(C)(C)C)O[C@H](O[C@@H]4C(COC(C)=O)O[C@@H](C)C(C)[C@H]4OCc4ccccc4)C(N=[N+]=[N-])[C@H]3OP([B])[B])[C@@H](C)C2OCc2ccccc2)OC(CO[Si](c2ccccc2)(c2ccccc2)C(C)(C)C)[C@H]1O. The molecule has 1 N–H and O–H groups in total. The number of aliphatic hydroxyl groups excluding tert-OH is 1. The van der Waals surface area contributed by atoms with E-state index in [0.29, 0.717) is 0 Å². The third-order valence-corrected chi connectivity index (χ3v) is 31.5. The van der Waals surface area contributed by atoms with Crippen molar-refractivity contribution in [3.8, 4) is 0 Å². The molecule has 4 heterocycles. The van der Waals surface area contributed by atoms with Crippen LogP contribution in [0.15, 0.2) is 192 Å². The fraction of sp³-hybridized carbons (Fsp3) is 0.506. The lowest BCUT2D eigenvalue weighted by atomic mass is 9.88. The van der Waals surface area contributed by atoms with Gasteiger partial charge in [0.15, 0.2) is 18.9 Å². The first-order chi connectivity index (χ1) is 52.2. The van der Waals surface area contributed by atoms with Gasteiger partial charge in [0.05, 0.1) is 44.7 Å². The van der Waals surface area contributed by atoms with E-state index >= 15 is 0 Å². The highest BCUT2D eigenvalue weighted by atomic mass is 31.1. The zero-order valence-corrected chi connectivity index (χ0v) is 67.2. The van der Waals surface area contributed by atoms with Crippen molar-refractivity contribution < 1.29 is 84.7 Å². The van der Waals surface area contributed by atoms with Crippen molar-refractivity contribution in [2.24, 2.45) is 22.1 Å². The zero-order valence-electron chi connectivity index (χ0n) is 63.4. The number of ether oxygens (including phenoxy) is 11. The van der Waals surface area contributed by atoms with Crippen molar-refractivity contribution in [1.29, 1.82) is 0 Å². The maximum absolute atomic E-state index is 13.3. The molecule has 8 unspecified atom stereocenters. The number of carbonyl (C=O) groups is 2. The minimum Gasteiger partial charge on any atom is -0.463 e. The Hall–Kier alpha value is -6.13. The van der Waals surface area contributed by atoms with Crippen LogP contribution in [0.2, 0.25) is 10.1 Å². The molecule has 20 atom stereocenters. The highest BCUT2D eigenvalue weighted by Crippen LogP contribution is 2.46. The van der Waals surface area contributed by atoms with E-state index in [1.54, 1.807) is 6.92 Å². The molecule has 4 fully saturated rings. The number of nitrogens with zero attached hydrogens (tertiary/aromatic N) is 6. The molecule has 0 aromatic heterocycles. The number of aliphatic hydroxyl groups is 1. The van der Waals surface area contributed by atoms with Crippen molar-refractivity contribution in [1.82, 2.24) is 0 Å². The maximum Gasteiger partial charge on any atom is 0.302 e. The highest BCUT2D eigenvalue weighted by molar-refractivity contribution is 7.98. The van der Waals surface area contributed by atoms with Crippen molar-refractivity contribution in [3.05, 3.63) is 214 Å². The topological polar surface area (TPSA) is 290 Å². The molecule has 0 spiro atoms. The molecule has 572 valence electrons. The number of hydrogen-bond acceptors (Lipinski definition) is 20. The average Bonchev–Trinajstić information content (AvgIpc) is 0.750. The van der Waals surface area contributed by atoms with E-state index in [1.807, 2.05) is 196 Å². The second-order valence-corrected chi connectivity index (χ2v) is 40.3. The van der Waals surface area contributed by atoms with Crippen LogP contribution in [-0.4, -0.2) is 201 Å². The van der Waals surface area contributed by atoms with Gasteiger partial charge in [0.1, 0.15) is 117 Å². The third-order valence-electron chi connectivity index (χ3n) is 20.5. The first kappa shape index (κ1) is 85.3. The largest absolute Gasteiger partial charge is 0.463 e. The van der Waals surface area contributed by atoms with Crippen LogP contribution in [0, 0.1) is 11.8 Å². The first-order valence-corrected chi connectivity index (χ1v) is 43.2. The molecule has 109 heavy (non-hydrogen) atoms. The van der Waals surface area contributed by atoms with E-state index in [4.69, 9.17) is 100 Å². The van der Waals surface area contributed by atoms with E-state index in [-0.39, 0.29) is 39.0 Å². The van der Waals surface area contributed by atoms with Gasteiger partial charge in [-0.15, -0.1) is 0 Å². The summed E-state index contributed by atoms with van der Waals surface area (Å²) >= 11 is 0. The predicted molar refractivity (Wildman–Crippen MR) is 422 cm³/mol. The summed E-state index contributed by atoms with van der Waals surface area (Å²) in [6.45, 7) is 19.7. The van der Waals surface area contributed by atoms with Crippen LogP contribution in [0.1, 0.15) is 87.3 Å². The lowest BCUT2D eigenvalue weighted by Gasteiger charge is -2.52. The molecular formula is C77H96B4N6O18P2Si2. The minimum absolute atomic E-state index is 0.0370. The van der Waals surface area contributed by atoms with Crippen LogP contribution in [0.4, 0.5) is 0 Å². The Morgan fingerprint density at radius 3 is 1.16 bits per heavy atom. The first-order valence-electron chi connectivity index (χ1n) is 36.5. The van der Waals surface area contributed by atoms with Crippen LogP contribution in [0.3, 0.4) is 0 Å². The Labute approximate surface area is 648 Å². The summed E-state index contributed by atoms with van der Waals surface area (Å²) in [6.07, 6.45) is -20.3. The molecule has 32 heteroatoms. The molecule has 0 saturated carbocycles. The Kier molecular flexibility index (Phi) is 30.6. The number of hydrogen-bond donors (Lipinski definition) is 1. The van der Waals surface area contributed by atoms with Crippen molar-refractivity contribution in [2.75, 3.05) is 26.4 Å². The summed E-state index contributed by atoms with van der Waals surface area (Å²) in [5.41, 5.74) is 22.9. The molecule has 6 aromatic rings. The maximum atomic E-state index is 13.3. The van der Waals surface area contributed by atoms with Crippen LogP contribution < -0.4 is 20.7 Å². The fourth-order valence-electron chi connectivity index (χ4n) is 15.2. The lowest BCUT2D eigenvalue weighted by Crippen LogP contribution is -2.69. The van der Waals surface area contributed by atoms with Crippen molar-refractivity contribution >= 4 is 95.4 Å². The monoisotopic (exact) mass is 1550 g/mol.